The molecule has 0 aliphatic carbocycles. The van der Waals surface area contributed by atoms with Crippen LogP contribution in [0.2, 0.25) is 0 Å². The first kappa shape index (κ1) is 16.7. The van der Waals surface area contributed by atoms with Crippen molar-refractivity contribution in [2.24, 2.45) is 5.92 Å². The van der Waals surface area contributed by atoms with E-state index in [2.05, 4.69) is 27.3 Å². The summed E-state index contributed by atoms with van der Waals surface area (Å²) in [5, 5.41) is 7.15. The van der Waals surface area contributed by atoms with Crippen LogP contribution in [0.25, 0.3) is 0 Å². The summed E-state index contributed by atoms with van der Waals surface area (Å²) in [5.74, 6) is 0.744. The van der Waals surface area contributed by atoms with E-state index < -0.39 is 0 Å². The first-order chi connectivity index (χ1) is 11.5. The first-order valence-electron chi connectivity index (χ1n) is 8.72. The second-order valence-corrected chi connectivity index (χ2v) is 6.95. The number of aryl methyl sites for hydroxylation is 3. The maximum absolute atomic E-state index is 12.7. The summed E-state index contributed by atoms with van der Waals surface area (Å²) in [4.78, 5) is 19.1. The molecule has 0 aromatic carbocycles. The van der Waals surface area contributed by atoms with E-state index in [9.17, 15) is 4.79 Å². The van der Waals surface area contributed by atoms with Crippen LogP contribution in [-0.2, 0) is 17.6 Å². The molecule has 3 heterocycles. The molecule has 2 aromatic heterocycles. The monoisotopic (exact) mass is 326 g/mol. The smallest absolute Gasteiger partial charge is 0.227 e. The molecule has 5 heteroatoms. The summed E-state index contributed by atoms with van der Waals surface area (Å²) in [6, 6.07) is 4.22. The van der Waals surface area contributed by atoms with Crippen molar-refractivity contribution in [3.63, 3.8) is 0 Å². The van der Waals surface area contributed by atoms with E-state index in [1.54, 1.807) is 0 Å². The molecule has 0 saturated carbocycles. The van der Waals surface area contributed by atoms with Gasteiger partial charge in [0.1, 0.15) is 0 Å². The van der Waals surface area contributed by atoms with Crippen LogP contribution in [0, 0.1) is 26.7 Å². The number of nitrogens with zero attached hydrogens (tertiary/aromatic N) is 3. The number of nitrogens with one attached hydrogen (secondary N) is 1. The van der Waals surface area contributed by atoms with Gasteiger partial charge < -0.3 is 4.90 Å². The fourth-order valence-corrected chi connectivity index (χ4v) is 3.51. The van der Waals surface area contributed by atoms with E-state index in [1.165, 1.54) is 12.0 Å². The number of rotatable bonds is 4. The Bertz CT molecular complexity index is 685. The molecule has 1 fully saturated rings. The minimum atomic E-state index is 0.217. The van der Waals surface area contributed by atoms with Gasteiger partial charge in [-0.25, -0.2) is 0 Å². The number of pyridine rings is 1. The van der Waals surface area contributed by atoms with Crippen LogP contribution in [0.1, 0.15) is 41.1 Å². The summed E-state index contributed by atoms with van der Waals surface area (Å²) in [7, 11) is 0. The predicted molar refractivity (Wildman–Crippen MR) is 93.7 cm³/mol. The van der Waals surface area contributed by atoms with Crippen LogP contribution in [-0.4, -0.2) is 39.1 Å². The summed E-state index contributed by atoms with van der Waals surface area (Å²) in [5.41, 5.74) is 5.29. The number of aromatic nitrogens is 3. The number of likely N-dealkylation sites (tertiary alicyclic amines) is 1. The topological polar surface area (TPSA) is 61.9 Å². The molecule has 1 aliphatic heterocycles. The van der Waals surface area contributed by atoms with Crippen molar-refractivity contribution in [3.05, 3.63) is 46.5 Å². The van der Waals surface area contributed by atoms with E-state index in [4.69, 9.17) is 0 Å². The molecule has 3 rings (SSSR count). The molecule has 0 spiro atoms. The molecule has 2 aromatic rings. The lowest BCUT2D eigenvalue weighted by molar-refractivity contribution is -0.132. The Morgan fingerprint density at radius 3 is 2.83 bits per heavy atom. The molecule has 0 unspecified atom stereocenters. The number of amides is 1. The molecule has 5 nitrogen and oxygen atoms in total. The molecule has 1 atom stereocenters. The SMILES string of the molecule is Cc1ccc(C[C@@H]2CCCN(C(=O)Cc3c(C)n[nH]c3C)C2)cn1. The van der Waals surface area contributed by atoms with E-state index in [-0.39, 0.29) is 5.91 Å². The number of carbonyl (C=O) groups excluding carboxylic acids is 1. The molecule has 0 bridgehead atoms. The Labute approximate surface area is 143 Å². The minimum Gasteiger partial charge on any atom is -0.342 e. The highest BCUT2D eigenvalue weighted by molar-refractivity contribution is 5.79. The van der Waals surface area contributed by atoms with Crippen molar-refractivity contribution < 1.29 is 4.79 Å². The Kier molecular flexibility index (Phi) is 4.97. The normalized spacial score (nSPS) is 18.0. The average Bonchev–Trinajstić information content (AvgIpc) is 2.89. The van der Waals surface area contributed by atoms with Crippen LogP contribution < -0.4 is 0 Å². The van der Waals surface area contributed by atoms with Gasteiger partial charge in [0.15, 0.2) is 0 Å². The van der Waals surface area contributed by atoms with Gasteiger partial charge in [-0.3, -0.25) is 14.9 Å². The Morgan fingerprint density at radius 2 is 2.17 bits per heavy atom. The van der Waals surface area contributed by atoms with Gasteiger partial charge in [-0.1, -0.05) is 6.07 Å². The summed E-state index contributed by atoms with van der Waals surface area (Å²) < 4.78 is 0. The maximum Gasteiger partial charge on any atom is 0.227 e. The molecule has 1 saturated heterocycles. The lowest BCUT2D eigenvalue weighted by Crippen LogP contribution is -2.41. The quantitative estimate of drug-likeness (QED) is 0.940. The summed E-state index contributed by atoms with van der Waals surface area (Å²) in [6.07, 6.45) is 5.68. The van der Waals surface area contributed by atoms with Crippen molar-refractivity contribution >= 4 is 5.91 Å². The van der Waals surface area contributed by atoms with Gasteiger partial charge in [0.2, 0.25) is 5.91 Å². The Morgan fingerprint density at radius 1 is 1.33 bits per heavy atom. The summed E-state index contributed by atoms with van der Waals surface area (Å²) >= 11 is 0. The second kappa shape index (κ2) is 7.16. The standard InChI is InChI=1S/C19H26N4O/c1-13-6-7-16(11-20-13)9-17-5-4-8-23(12-17)19(24)10-18-14(2)21-22-15(18)3/h6-7,11,17H,4-5,8-10,12H2,1-3H3,(H,21,22)/t17-/m0/s1. The van der Waals surface area contributed by atoms with Crippen LogP contribution in [0.15, 0.2) is 18.3 Å². The van der Waals surface area contributed by atoms with E-state index in [0.717, 1.165) is 48.6 Å². The third kappa shape index (κ3) is 3.83. The third-order valence-corrected chi connectivity index (χ3v) is 4.98. The van der Waals surface area contributed by atoms with Crippen LogP contribution in [0.3, 0.4) is 0 Å². The Balaban J connectivity index is 1.60. The largest absolute Gasteiger partial charge is 0.342 e. The fraction of sp³-hybridized carbons (Fsp3) is 0.526. The van der Waals surface area contributed by atoms with Crippen molar-refractivity contribution in [2.45, 2.75) is 46.5 Å². The van der Waals surface area contributed by atoms with Crippen LogP contribution >= 0.6 is 0 Å². The van der Waals surface area contributed by atoms with Crippen LogP contribution in [0.5, 0.6) is 0 Å². The molecule has 24 heavy (non-hydrogen) atoms. The lowest BCUT2D eigenvalue weighted by atomic mass is 9.91. The molecule has 1 N–H and O–H groups in total. The van der Waals surface area contributed by atoms with Gasteiger partial charge in [-0.15, -0.1) is 0 Å². The second-order valence-electron chi connectivity index (χ2n) is 6.95. The number of aromatic amines is 1. The molecule has 1 amide bonds. The van der Waals surface area contributed by atoms with Gasteiger partial charge in [0, 0.05) is 36.2 Å². The molecule has 1 aliphatic rings. The third-order valence-electron chi connectivity index (χ3n) is 4.98. The fourth-order valence-electron chi connectivity index (χ4n) is 3.51. The lowest BCUT2D eigenvalue weighted by Gasteiger charge is -2.33. The van der Waals surface area contributed by atoms with Crippen molar-refractivity contribution in [1.29, 1.82) is 0 Å². The predicted octanol–water partition coefficient (Wildman–Crippen LogP) is 2.75. The molecule has 128 valence electrons. The molecular weight excluding hydrogens is 300 g/mol. The minimum absolute atomic E-state index is 0.217. The van der Waals surface area contributed by atoms with Crippen molar-refractivity contribution in [3.8, 4) is 0 Å². The number of hydrogen-bond donors (Lipinski definition) is 1. The highest BCUT2D eigenvalue weighted by Crippen LogP contribution is 2.22. The van der Waals surface area contributed by atoms with Gasteiger partial charge in [-0.05, 0) is 57.6 Å². The zero-order chi connectivity index (χ0) is 17.1. The highest BCUT2D eigenvalue weighted by Gasteiger charge is 2.25. The average molecular weight is 326 g/mol. The highest BCUT2D eigenvalue weighted by atomic mass is 16.2. The molecular formula is C19H26N4O. The van der Waals surface area contributed by atoms with E-state index in [1.807, 2.05) is 31.9 Å². The number of H-pyrrole nitrogens is 1. The Hall–Kier alpha value is -2.17. The van der Waals surface area contributed by atoms with Crippen molar-refractivity contribution in [2.75, 3.05) is 13.1 Å². The zero-order valence-corrected chi connectivity index (χ0v) is 14.8. The number of piperidine rings is 1. The van der Waals surface area contributed by atoms with Crippen LogP contribution in [0.4, 0.5) is 0 Å². The van der Waals surface area contributed by atoms with Gasteiger partial charge >= 0.3 is 0 Å². The first-order valence-corrected chi connectivity index (χ1v) is 8.72. The van der Waals surface area contributed by atoms with Gasteiger partial charge in [0.05, 0.1) is 12.1 Å². The van der Waals surface area contributed by atoms with Crippen molar-refractivity contribution in [1.82, 2.24) is 20.1 Å². The van der Waals surface area contributed by atoms with Gasteiger partial charge in [0.25, 0.3) is 0 Å². The molecule has 0 radical (unpaired) electrons. The number of hydrogen-bond acceptors (Lipinski definition) is 3. The number of carbonyl (C=O) groups is 1. The van der Waals surface area contributed by atoms with Gasteiger partial charge in [-0.2, -0.15) is 5.10 Å². The van der Waals surface area contributed by atoms with E-state index >= 15 is 0 Å². The zero-order valence-electron chi connectivity index (χ0n) is 14.8. The maximum atomic E-state index is 12.7. The summed E-state index contributed by atoms with van der Waals surface area (Å²) in [6.45, 7) is 7.66. The van der Waals surface area contributed by atoms with E-state index in [0.29, 0.717) is 12.3 Å².